The van der Waals surface area contributed by atoms with Gasteiger partial charge in [-0.3, -0.25) is 0 Å². The van der Waals surface area contributed by atoms with Crippen LogP contribution in [0.3, 0.4) is 0 Å². The summed E-state index contributed by atoms with van der Waals surface area (Å²) in [6.45, 7) is 6.14. The predicted octanol–water partition coefficient (Wildman–Crippen LogP) is 1.80. The van der Waals surface area contributed by atoms with E-state index < -0.39 is 10.0 Å². The molecular formula is C14H24N2O2S. The van der Waals surface area contributed by atoms with Gasteiger partial charge in [-0.15, -0.1) is 0 Å². The second kappa shape index (κ2) is 8.30. The Morgan fingerprint density at radius 3 is 2.58 bits per heavy atom. The van der Waals surface area contributed by atoms with Crippen LogP contribution >= 0.6 is 0 Å². The van der Waals surface area contributed by atoms with Crippen molar-refractivity contribution in [2.75, 3.05) is 18.8 Å². The molecule has 5 heteroatoms. The normalized spacial score (nSPS) is 11.7. The number of hydrogen-bond acceptors (Lipinski definition) is 3. The van der Waals surface area contributed by atoms with Crippen molar-refractivity contribution in [1.82, 2.24) is 10.0 Å². The average molecular weight is 284 g/mol. The van der Waals surface area contributed by atoms with Crippen LogP contribution in [-0.4, -0.2) is 27.3 Å². The average Bonchev–Trinajstić information content (AvgIpc) is 2.37. The maximum absolute atomic E-state index is 11.8. The van der Waals surface area contributed by atoms with E-state index in [4.69, 9.17) is 0 Å². The molecule has 108 valence electrons. The summed E-state index contributed by atoms with van der Waals surface area (Å²) in [5.74, 6) is 0.176. The molecule has 0 atom stereocenters. The lowest BCUT2D eigenvalue weighted by Gasteiger charge is -2.09. The third-order valence-corrected chi connectivity index (χ3v) is 4.35. The maximum atomic E-state index is 11.8. The van der Waals surface area contributed by atoms with E-state index in [0.717, 1.165) is 30.6 Å². The van der Waals surface area contributed by atoms with Gasteiger partial charge in [0.05, 0.1) is 5.75 Å². The minimum absolute atomic E-state index is 0.176. The molecule has 0 radical (unpaired) electrons. The monoisotopic (exact) mass is 284 g/mol. The highest BCUT2D eigenvalue weighted by Crippen LogP contribution is 2.06. The Kier molecular flexibility index (Phi) is 7.05. The first-order chi connectivity index (χ1) is 9.05. The third kappa shape index (κ3) is 6.71. The molecule has 1 aromatic carbocycles. The van der Waals surface area contributed by atoms with Gasteiger partial charge in [0.25, 0.3) is 0 Å². The lowest BCUT2D eigenvalue weighted by Crippen LogP contribution is -2.28. The number of hydrogen-bond donors (Lipinski definition) is 2. The fraction of sp³-hybridized carbons (Fsp3) is 0.571. The molecule has 0 aromatic heterocycles. The van der Waals surface area contributed by atoms with Crippen LogP contribution in [-0.2, 0) is 16.6 Å². The second-order valence-corrected chi connectivity index (χ2v) is 6.60. The first kappa shape index (κ1) is 16.1. The van der Waals surface area contributed by atoms with Gasteiger partial charge in [-0.25, -0.2) is 13.1 Å². The van der Waals surface area contributed by atoms with Gasteiger partial charge in [0.1, 0.15) is 0 Å². The molecule has 0 unspecified atom stereocenters. The highest BCUT2D eigenvalue weighted by Gasteiger charge is 2.09. The van der Waals surface area contributed by atoms with Gasteiger partial charge in [-0.05, 0) is 44.0 Å². The van der Waals surface area contributed by atoms with Crippen molar-refractivity contribution in [2.45, 2.75) is 33.2 Å². The van der Waals surface area contributed by atoms with Crippen molar-refractivity contribution in [1.29, 1.82) is 0 Å². The smallest absolute Gasteiger partial charge is 0.211 e. The van der Waals surface area contributed by atoms with Gasteiger partial charge in [-0.2, -0.15) is 0 Å². The lowest BCUT2D eigenvalue weighted by atomic mass is 10.1. The van der Waals surface area contributed by atoms with E-state index in [0.29, 0.717) is 13.0 Å². The summed E-state index contributed by atoms with van der Waals surface area (Å²) in [5, 5.41) is 3.20. The summed E-state index contributed by atoms with van der Waals surface area (Å²) in [5.41, 5.74) is 2.13. The summed E-state index contributed by atoms with van der Waals surface area (Å²) < 4.78 is 26.3. The van der Waals surface area contributed by atoms with Crippen LogP contribution in [0.4, 0.5) is 0 Å². The van der Waals surface area contributed by atoms with Crippen LogP contribution in [0, 0.1) is 6.92 Å². The molecule has 0 aliphatic rings. The molecule has 2 N–H and O–H groups in total. The molecule has 4 nitrogen and oxygen atoms in total. The predicted molar refractivity (Wildman–Crippen MR) is 79.6 cm³/mol. The molecule has 1 rings (SSSR count). The standard InChI is InChI=1S/C14H24N2O2S/c1-3-9-15-10-6-11-19(17,18)16-12-14-8-5-4-7-13(14)2/h4-5,7-8,15-16H,3,6,9-12H2,1-2H3. The van der Waals surface area contributed by atoms with Crippen molar-refractivity contribution >= 4 is 10.0 Å². The van der Waals surface area contributed by atoms with Crippen molar-refractivity contribution in [2.24, 2.45) is 0 Å². The molecule has 0 saturated heterocycles. The van der Waals surface area contributed by atoms with E-state index in [1.54, 1.807) is 0 Å². The zero-order chi connectivity index (χ0) is 14.1. The highest BCUT2D eigenvalue weighted by molar-refractivity contribution is 7.89. The molecule has 0 bridgehead atoms. The molecular weight excluding hydrogens is 260 g/mol. The molecule has 0 aliphatic heterocycles. The molecule has 0 heterocycles. The summed E-state index contributed by atoms with van der Waals surface area (Å²) in [6, 6.07) is 7.80. The van der Waals surface area contributed by atoms with E-state index in [9.17, 15) is 8.42 Å². The number of nitrogens with one attached hydrogen (secondary N) is 2. The van der Waals surface area contributed by atoms with E-state index in [-0.39, 0.29) is 5.75 Å². The Morgan fingerprint density at radius 1 is 1.16 bits per heavy atom. The fourth-order valence-electron chi connectivity index (χ4n) is 1.76. The minimum atomic E-state index is -3.17. The quantitative estimate of drug-likeness (QED) is 0.680. The number of rotatable bonds is 9. The van der Waals surface area contributed by atoms with Crippen molar-refractivity contribution in [3.63, 3.8) is 0 Å². The van der Waals surface area contributed by atoms with Crippen LogP contribution in [0.25, 0.3) is 0 Å². The Labute approximate surface area is 116 Å². The van der Waals surface area contributed by atoms with Crippen LogP contribution in [0.15, 0.2) is 24.3 Å². The summed E-state index contributed by atoms with van der Waals surface area (Å²) in [6.07, 6.45) is 1.71. The van der Waals surface area contributed by atoms with Crippen molar-refractivity contribution in [3.05, 3.63) is 35.4 Å². The second-order valence-electron chi connectivity index (χ2n) is 4.67. The SMILES string of the molecule is CCCNCCCS(=O)(=O)NCc1ccccc1C. The maximum Gasteiger partial charge on any atom is 0.211 e. The summed E-state index contributed by atoms with van der Waals surface area (Å²) in [4.78, 5) is 0. The minimum Gasteiger partial charge on any atom is -0.317 e. The van der Waals surface area contributed by atoms with Gasteiger partial charge in [-0.1, -0.05) is 31.2 Å². The molecule has 0 amide bonds. The molecule has 0 fully saturated rings. The summed E-state index contributed by atoms with van der Waals surface area (Å²) in [7, 11) is -3.17. The number of sulfonamides is 1. The zero-order valence-corrected chi connectivity index (χ0v) is 12.6. The summed E-state index contributed by atoms with van der Waals surface area (Å²) >= 11 is 0. The Balaban J connectivity index is 2.33. The van der Waals surface area contributed by atoms with Crippen molar-refractivity contribution < 1.29 is 8.42 Å². The van der Waals surface area contributed by atoms with Gasteiger partial charge in [0, 0.05) is 6.54 Å². The molecule has 0 aliphatic carbocycles. The first-order valence-corrected chi connectivity index (χ1v) is 8.43. The molecule has 1 aromatic rings. The van der Waals surface area contributed by atoms with Crippen molar-refractivity contribution in [3.8, 4) is 0 Å². The Morgan fingerprint density at radius 2 is 1.89 bits per heavy atom. The van der Waals surface area contributed by atoms with Gasteiger partial charge in [0.2, 0.25) is 10.0 Å². The Hall–Kier alpha value is -0.910. The molecule has 0 spiro atoms. The van der Waals surface area contributed by atoms with Crippen LogP contribution in [0.5, 0.6) is 0 Å². The first-order valence-electron chi connectivity index (χ1n) is 6.77. The van der Waals surface area contributed by atoms with Crippen LogP contribution in [0.2, 0.25) is 0 Å². The van der Waals surface area contributed by atoms with E-state index >= 15 is 0 Å². The third-order valence-electron chi connectivity index (χ3n) is 2.94. The molecule has 19 heavy (non-hydrogen) atoms. The zero-order valence-electron chi connectivity index (χ0n) is 11.8. The van der Waals surface area contributed by atoms with E-state index in [1.165, 1.54) is 0 Å². The topological polar surface area (TPSA) is 58.2 Å². The lowest BCUT2D eigenvalue weighted by molar-refractivity contribution is 0.574. The van der Waals surface area contributed by atoms with Gasteiger partial charge >= 0.3 is 0 Å². The number of aryl methyl sites for hydroxylation is 1. The highest BCUT2D eigenvalue weighted by atomic mass is 32.2. The fourth-order valence-corrected chi connectivity index (χ4v) is 2.80. The Bertz CT molecular complexity index is 472. The van der Waals surface area contributed by atoms with Crippen LogP contribution < -0.4 is 10.0 Å². The van der Waals surface area contributed by atoms with Crippen LogP contribution in [0.1, 0.15) is 30.9 Å². The van der Waals surface area contributed by atoms with Gasteiger partial charge < -0.3 is 5.32 Å². The largest absolute Gasteiger partial charge is 0.317 e. The van der Waals surface area contributed by atoms with Gasteiger partial charge in [0.15, 0.2) is 0 Å². The molecule has 0 saturated carbocycles. The van der Waals surface area contributed by atoms with E-state index in [1.807, 2.05) is 31.2 Å². The number of benzene rings is 1. The van der Waals surface area contributed by atoms with E-state index in [2.05, 4.69) is 17.0 Å².